The average Bonchev–Trinajstić information content (AvgIpc) is 3.19. The number of carbonyl (C=O) groups excluding carboxylic acids is 1. The lowest BCUT2D eigenvalue weighted by molar-refractivity contribution is -0.136. The van der Waals surface area contributed by atoms with E-state index in [0.717, 1.165) is 28.1 Å². The molecule has 1 aliphatic heterocycles. The van der Waals surface area contributed by atoms with E-state index in [0.29, 0.717) is 13.0 Å². The number of amides is 1. The molecule has 1 unspecified atom stereocenters. The number of benzene rings is 1. The van der Waals surface area contributed by atoms with Crippen LogP contribution < -0.4 is 4.74 Å². The number of nitrogens with zero attached hydrogens (tertiary/aromatic N) is 3. The monoisotopic (exact) mass is 348 g/mol. The summed E-state index contributed by atoms with van der Waals surface area (Å²) in [5, 5.41) is 6.80. The van der Waals surface area contributed by atoms with Crippen molar-refractivity contribution in [2.75, 3.05) is 7.11 Å². The molecule has 1 aromatic heterocycles. The number of H-pyrrole nitrogens is 1. The summed E-state index contributed by atoms with van der Waals surface area (Å²) >= 11 is 0. The second-order valence-electron chi connectivity index (χ2n) is 6.74. The first-order valence-corrected chi connectivity index (χ1v) is 8.50. The van der Waals surface area contributed by atoms with Crippen LogP contribution in [0.3, 0.4) is 0 Å². The molecule has 6 nitrogen and oxygen atoms in total. The molecule has 0 saturated heterocycles. The molecule has 2 aliphatic rings. The fourth-order valence-corrected chi connectivity index (χ4v) is 3.35. The Balaban J connectivity index is 1.60. The van der Waals surface area contributed by atoms with Crippen LogP contribution in [-0.2, 0) is 11.3 Å². The van der Waals surface area contributed by atoms with Gasteiger partial charge >= 0.3 is 0 Å². The second-order valence-corrected chi connectivity index (χ2v) is 6.74. The van der Waals surface area contributed by atoms with Crippen molar-refractivity contribution in [3.8, 4) is 5.75 Å². The van der Waals surface area contributed by atoms with Gasteiger partial charge in [-0.1, -0.05) is 18.2 Å². The molecule has 0 spiro atoms. The molecule has 26 heavy (non-hydrogen) atoms. The summed E-state index contributed by atoms with van der Waals surface area (Å²) < 4.78 is 5.26. The SMILES string of the molecule is COc1cccc(CN2C=NC3=CC(c4cn[nH]c4)=CCC3(C)C2=O)c1. The maximum atomic E-state index is 13.1. The van der Waals surface area contributed by atoms with E-state index in [2.05, 4.69) is 21.3 Å². The zero-order valence-electron chi connectivity index (χ0n) is 14.8. The highest BCUT2D eigenvalue weighted by Gasteiger charge is 2.43. The standard InChI is InChI=1S/C20H20N4O2/c1-20-7-6-15(16-10-22-23-11-16)9-18(20)21-13-24(19(20)25)12-14-4-3-5-17(8-14)26-2/h3-6,8-11,13H,7,12H2,1-2H3,(H,22,23). The molecule has 0 fully saturated rings. The predicted molar refractivity (Wildman–Crippen MR) is 99.4 cm³/mol. The largest absolute Gasteiger partial charge is 0.497 e. The molecule has 1 N–H and O–H groups in total. The van der Waals surface area contributed by atoms with Gasteiger partial charge in [-0.3, -0.25) is 14.8 Å². The normalized spacial score (nSPS) is 21.9. The Kier molecular flexibility index (Phi) is 3.95. The lowest BCUT2D eigenvalue weighted by Crippen LogP contribution is -2.45. The Morgan fingerprint density at radius 1 is 1.38 bits per heavy atom. The summed E-state index contributed by atoms with van der Waals surface area (Å²) in [6, 6.07) is 7.73. The minimum atomic E-state index is -0.638. The summed E-state index contributed by atoms with van der Waals surface area (Å²) in [6.07, 6.45) is 9.92. The second kappa shape index (κ2) is 6.29. The molecule has 4 rings (SSSR count). The molecule has 2 aromatic rings. The number of fused-ring (bicyclic) bond motifs is 1. The van der Waals surface area contributed by atoms with Crippen LogP contribution in [0.15, 0.2) is 59.5 Å². The number of hydrogen-bond donors (Lipinski definition) is 1. The number of allylic oxidation sites excluding steroid dienone is 3. The fourth-order valence-electron chi connectivity index (χ4n) is 3.35. The molecule has 132 valence electrons. The molecule has 1 aromatic carbocycles. The van der Waals surface area contributed by atoms with E-state index < -0.39 is 5.41 Å². The van der Waals surface area contributed by atoms with Crippen LogP contribution in [0.4, 0.5) is 0 Å². The van der Waals surface area contributed by atoms with Gasteiger partial charge in [0.25, 0.3) is 0 Å². The van der Waals surface area contributed by atoms with Crippen molar-refractivity contribution in [2.24, 2.45) is 10.4 Å². The minimum Gasteiger partial charge on any atom is -0.497 e. The van der Waals surface area contributed by atoms with Gasteiger partial charge in [-0.2, -0.15) is 5.10 Å². The van der Waals surface area contributed by atoms with E-state index in [1.165, 1.54) is 0 Å². The molecular formula is C20H20N4O2. The van der Waals surface area contributed by atoms with E-state index in [4.69, 9.17) is 4.74 Å². The molecule has 0 bridgehead atoms. The van der Waals surface area contributed by atoms with Crippen LogP contribution in [-0.4, -0.2) is 34.5 Å². The number of aromatic nitrogens is 2. The van der Waals surface area contributed by atoms with Crippen LogP contribution in [0.2, 0.25) is 0 Å². The summed E-state index contributed by atoms with van der Waals surface area (Å²) in [5.74, 6) is 0.838. The van der Waals surface area contributed by atoms with E-state index in [1.54, 1.807) is 24.5 Å². The third-order valence-corrected chi connectivity index (χ3v) is 4.98. The highest BCUT2D eigenvalue weighted by Crippen LogP contribution is 2.42. The van der Waals surface area contributed by atoms with Gasteiger partial charge in [0.1, 0.15) is 5.75 Å². The van der Waals surface area contributed by atoms with E-state index in [-0.39, 0.29) is 5.91 Å². The highest BCUT2D eigenvalue weighted by atomic mass is 16.5. The summed E-state index contributed by atoms with van der Waals surface area (Å²) in [6.45, 7) is 2.43. The predicted octanol–water partition coefficient (Wildman–Crippen LogP) is 3.17. The first kappa shape index (κ1) is 16.3. The molecule has 0 radical (unpaired) electrons. The number of ether oxygens (including phenoxy) is 1. The Labute approximate surface area is 151 Å². The van der Waals surface area contributed by atoms with E-state index in [9.17, 15) is 4.79 Å². The number of rotatable bonds is 4. The van der Waals surface area contributed by atoms with Gasteiger partial charge in [-0.05, 0) is 42.7 Å². The Morgan fingerprint density at radius 3 is 3.04 bits per heavy atom. The zero-order chi connectivity index (χ0) is 18.1. The molecule has 0 saturated carbocycles. The number of aromatic amines is 1. The summed E-state index contributed by atoms with van der Waals surface area (Å²) in [4.78, 5) is 19.4. The van der Waals surface area contributed by atoms with Crippen molar-refractivity contribution in [1.82, 2.24) is 15.1 Å². The van der Waals surface area contributed by atoms with Crippen molar-refractivity contribution in [3.63, 3.8) is 0 Å². The van der Waals surface area contributed by atoms with Crippen LogP contribution in [0.25, 0.3) is 5.57 Å². The minimum absolute atomic E-state index is 0.0593. The summed E-state index contributed by atoms with van der Waals surface area (Å²) in [7, 11) is 1.64. The molecule has 1 atom stereocenters. The van der Waals surface area contributed by atoms with Crippen molar-refractivity contribution >= 4 is 17.8 Å². The Bertz CT molecular complexity index is 927. The number of methoxy groups -OCH3 is 1. The van der Waals surface area contributed by atoms with Crippen molar-refractivity contribution in [3.05, 3.63) is 65.6 Å². The molecular weight excluding hydrogens is 328 g/mol. The molecule has 6 heteroatoms. The first-order chi connectivity index (χ1) is 12.6. The molecule has 2 heterocycles. The maximum Gasteiger partial charge on any atom is 0.240 e. The number of nitrogens with one attached hydrogen (secondary N) is 1. The van der Waals surface area contributed by atoms with Gasteiger partial charge in [-0.25, -0.2) is 4.99 Å². The van der Waals surface area contributed by atoms with Gasteiger partial charge < -0.3 is 4.74 Å². The Morgan fingerprint density at radius 2 is 2.27 bits per heavy atom. The third-order valence-electron chi connectivity index (χ3n) is 4.98. The van der Waals surface area contributed by atoms with Crippen molar-refractivity contribution in [2.45, 2.75) is 19.9 Å². The van der Waals surface area contributed by atoms with Crippen LogP contribution in [0.5, 0.6) is 5.75 Å². The topological polar surface area (TPSA) is 70.6 Å². The molecule has 1 aliphatic carbocycles. The lowest BCUT2D eigenvalue weighted by Gasteiger charge is -2.38. The van der Waals surface area contributed by atoms with E-state index >= 15 is 0 Å². The van der Waals surface area contributed by atoms with Crippen LogP contribution >= 0.6 is 0 Å². The first-order valence-electron chi connectivity index (χ1n) is 8.50. The van der Waals surface area contributed by atoms with Gasteiger partial charge in [0.15, 0.2) is 0 Å². The summed E-state index contributed by atoms with van der Waals surface area (Å²) in [5.41, 5.74) is 3.20. The number of aliphatic imine (C=N–C) groups is 1. The van der Waals surface area contributed by atoms with Crippen molar-refractivity contribution < 1.29 is 9.53 Å². The van der Waals surface area contributed by atoms with Gasteiger partial charge in [0, 0.05) is 11.8 Å². The average molecular weight is 348 g/mol. The molecule has 1 amide bonds. The third kappa shape index (κ3) is 2.73. The van der Waals surface area contributed by atoms with Gasteiger partial charge in [0.2, 0.25) is 5.91 Å². The van der Waals surface area contributed by atoms with Crippen LogP contribution in [0.1, 0.15) is 24.5 Å². The van der Waals surface area contributed by atoms with Crippen LogP contribution in [0, 0.1) is 5.41 Å². The number of carbonyl (C=O) groups is 1. The van der Waals surface area contributed by atoms with Gasteiger partial charge in [-0.15, -0.1) is 0 Å². The highest BCUT2D eigenvalue weighted by molar-refractivity contribution is 5.98. The Hall–Kier alpha value is -3.15. The van der Waals surface area contributed by atoms with Crippen molar-refractivity contribution in [1.29, 1.82) is 0 Å². The van der Waals surface area contributed by atoms with E-state index in [1.807, 2.05) is 43.5 Å². The fraction of sp³-hybridized carbons (Fsp3) is 0.250. The maximum absolute atomic E-state index is 13.1. The smallest absolute Gasteiger partial charge is 0.240 e. The van der Waals surface area contributed by atoms with Gasteiger partial charge in [0.05, 0.1) is 37.3 Å². The lowest BCUT2D eigenvalue weighted by atomic mass is 9.76. The quantitative estimate of drug-likeness (QED) is 0.922. The zero-order valence-corrected chi connectivity index (χ0v) is 14.8. The number of hydrogen-bond acceptors (Lipinski definition) is 4.